The van der Waals surface area contributed by atoms with Gasteiger partial charge in [-0.1, -0.05) is 200 Å². The fraction of sp³-hybridized carbons (Fsp3) is 0.0192. The maximum Gasteiger partial charge on any atom is 0.164 e. The summed E-state index contributed by atoms with van der Waals surface area (Å²) in [7, 11) is 0. The molecule has 10 rings (SSSR count). The minimum absolute atomic E-state index is 0.599. The Kier molecular flexibility index (Phi) is 8.34. The Labute approximate surface area is 326 Å². The van der Waals surface area contributed by atoms with Crippen LogP contribution < -0.4 is 4.74 Å². The summed E-state index contributed by atoms with van der Waals surface area (Å²) in [5.41, 5.74) is 11.0. The van der Waals surface area contributed by atoms with Gasteiger partial charge >= 0.3 is 0 Å². The van der Waals surface area contributed by atoms with Crippen molar-refractivity contribution in [3.05, 3.63) is 235 Å². The monoisotopic (exact) mass is 717 g/mol. The van der Waals surface area contributed by atoms with Crippen molar-refractivity contribution >= 4 is 0 Å². The largest absolute Gasteiger partial charge is 0.456 e. The second kappa shape index (κ2) is 14.1. The molecule has 0 saturated heterocycles. The predicted molar refractivity (Wildman–Crippen MR) is 225 cm³/mol. The molecule has 9 aromatic rings. The first-order valence-corrected chi connectivity index (χ1v) is 18.9. The van der Waals surface area contributed by atoms with Crippen molar-refractivity contribution < 1.29 is 4.74 Å². The molecular formula is C52H35N3O. The third-order valence-corrected chi connectivity index (χ3v) is 10.7. The van der Waals surface area contributed by atoms with Gasteiger partial charge in [0.05, 0.1) is 5.41 Å². The highest BCUT2D eigenvalue weighted by Gasteiger charge is 2.45. The highest BCUT2D eigenvalue weighted by atomic mass is 16.5. The van der Waals surface area contributed by atoms with E-state index in [0.29, 0.717) is 17.5 Å². The van der Waals surface area contributed by atoms with Gasteiger partial charge in [0.2, 0.25) is 0 Å². The van der Waals surface area contributed by atoms with Gasteiger partial charge in [0, 0.05) is 33.4 Å². The van der Waals surface area contributed by atoms with Gasteiger partial charge in [-0.15, -0.1) is 0 Å². The summed E-state index contributed by atoms with van der Waals surface area (Å²) in [6, 6.07) is 73.8. The Balaban J connectivity index is 1.13. The predicted octanol–water partition coefficient (Wildman–Crippen LogP) is 12.7. The van der Waals surface area contributed by atoms with Crippen LogP contribution >= 0.6 is 0 Å². The number of fused-ring (bicyclic) bond motifs is 2. The number of para-hydroxylation sites is 2. The molecule has 0 spiro atoms. The standard InChI is InChI=1S/C52H35N3O/c1-5-17-36(18-6-1)37-31-33-39(34-32-37)50-53-49(38-19-7-2-8-20-38)54-51(55-50)41-22-15-21-40(35-41)44-27-16-29-46-48(44)56-47-30-14-13-28-45(47)52(46,42-23-9-3-10-24-42)43-25-11-4-12-26-43/h1-35H. The van der Waals surface area contributed by atoms with E-state index in [1.807, 2.05) is 42.5 Å². The molecule has 0 amide bonds. The van der Waals surface area contributed by atoms with Crippen LogP contribution in [0.5, 0.6) is 11.5 Å². The summed E-state index contributed by atoms with van der Waals surface area (Å²) >= 11 is 0. The molecule has 0 N–H and O–H groups in total. The topological polar surface area (TPSA) is 47.9 Å². The molecule has 4 heteroatoms. The molecule has 0 fully saturated rings. The van der Waals surface area contributed by atoms with E-state index in [2.05, 4.69) is 170 Å². The number of rotatable bonds is 7. The van der Waals surface area contributed by atoms with Gasteiger partial charge in [-0.05, 0) is 39.9 Å². The van der Waals surface area contributed by atoms with Crippen molar-refractivity contribution in [2.45, 2.75) is 5.41 Å². The van der Waals surface area contributed by atoms with Crippen LogP contribution in [0, 0.1) is 0 Å². The van der Waals surface area contributed by atoms with Gasteiger partial charge in [-0.25, -0.2) is 15.0 Å². The zero-order valence-corrected chi connectivity index (χ0v) is 30.5. The Hall–Kier alpha value is -7.43. The van der Waals surface area contributed by atoms with Crippen molar-refractivity contribution in [2.75, 3.05) is 0 Å². The molecule has 8 aromatic carbocycles. The smallest absolute Gasteiger partial charge is 0.164 e. The second-order valence-corrected chi connectivity index (χ2v) is 14.0. The van der Waals surface area contributed by atoms with Crippen LogP contribution in [-0.4, -0.2) is 15.0 Å². The summed E-state index contributed by atoms with van der Waals surface area (Å²) in [5, 5.41) is 0. The molecule has 0 aliphatic carbocycles. The normalized spacial score (nSPS) is 12.6. The van der Waals surface area contributed by atoms with Crippen molar-refractivity contribution in [1.82, 2.24) is 15.0 Å². The van der Waals surface area contributed by atoms with Crippen LogP contribution in [0.25, 0.3) is 56.4 Å². The van der Waals surface area contributed by atoms with Gasteiger partial charge in [0.15, 0.2) is 17.5 Å². The van der Waals surface area contributed by atoms with Crippen LogP contribution in [0.3, 0.4) is 0 Å². The van der Waals surface area contributed by atoms with E-state index in [9.17, 15) is 0 Å². The maximum absolute atomic E-state index is 6.96. The van der Waals surface area contributed by atoms with Crippen LogP contribution in [0.4, 0.5) is 0 Å². The zero-order valence-electron chi connectivity index (χ0n) is 30.5. The van der Waals surface area contributed by atoms with Crippen molar-refractivity contribution in [2.24, 2.45) is 0 Å². The first-order chi connectivity index (χ1) is 27.8. The van der Waals surface area contributed by atoms with Gasteiger partial charge in [0.25, 0.3) is 0 Å². The second-order valence-electron chi connectivity index (χ2n) is 14.0. The summed E-state index contributed by atoms with van der Waals surface area (Å²) in [5.74, 6) is 3.50. The van der Waals surface area contributed by atoms with Gasteiger partial charge in [0.1, 0.15) is 11.5 Å². The van der Waals surface area contributed by atoms with Crippen molar-refractivity contribution in [3.8, 4) is 67.9 Å². The number of nitrogens with zero attached hydrogens (tertiary/aromatic N) is 3. The molecule has 0 unspecified atom stereocenters. The first-order valence-electron chi connectivity index (χ1n) is 18.9. The Morgan fingerprint density at radius 2 is 0.750 bits per heavy atom. The lowest BCUT2D eigenvalue weighted by molar-refractivity contribution is 0.436. The Morgan fingerprint density at radius 3 is 1.39 bits per heavy atom. The van der Waals surface area contributed by atoms with Crippen LogP contribution in [0.1, 0.15) is 22.3 Å². The van der Waals surface area contributed by atoms with Crippen LogP contribution in [-0.2, 0) is 5.41 Å². The van der Waals surface area contributed by atoms with Crippen molar-refractivity contribution in [1.29, 1.82) is 0 Å². The molecule has 1 aliphatic rings. The number of aromatic nitrogens is 3. The fourth-order valence-corrected chi connectivity index (χ4v) is 8.07. The summed E-state index contributed by atoms with van der Waals surface area (Å²) in [4.78, 5) is 15.2. The average molecular weight is 718 g/mol. The van der Waals surface area contributed by atoms with E-state index in [1.165, 1.54) is 11.1 Å². The van der Waals surface area contributed by atoms with E-state index < -0.39 is 5.41 Å². The number of benzene rings is 8. The fourth-order valence-electron chi connectivity index (χ4n) is 8.07. The summed E-state index contributed by atoms with van der Waals surface area (Å²) in [6.45, 7) is 0. The lowest BCUT2D eigenvalue weighted by Gasteiger charge is -2.42. The lowest BCUT2D eigenvalue weighted by Crippen LogP contribution is -2.34. The molecule has 0 atom stereocenters. The highest BCUT2D eigenvalue weighted by molar-refractivity contribution is 5.82. The Morgan fingerprint density at radius 1 is 0.321 bits per heavy atom. The van der Waals surface area contributed by atoms with Crippen LogP contribution in [0.15, 0.2) is 212 Å². The highest BCUT2D eigenvalue weighted by Crippen LogP contribution is 2.57. The molecule has 56 heavy (non-hydrogen) atoms. The molecular weight excluding hydrogens is 683 g/mol. The third-order valence-electron chi connectivity index (χ3n) is 10.7. The molecule has 2 heterocycles. The van der Waals surface area contributed by atoms with Gasteiger partial charge in [-0.3, -0.25) is 0 Å². The lowest BCUT2D eigenvalue weighted by atomic mass is 9.63. The molecule has 0 bridgehead atoms. The van der Waals surface area contributed by atoms with Crippen molar-refractivity contribution in [3.63, 3.8) is 0 Å². The molecule has 1 aliphatic heterocycles. The molecule has 4 nitrogen and oxygen atoms in total. The minimum Gasteiger partial charge on any atom is -0.456 e. The molecule has 1 aromatic heterocycles. The van der Waals surface area contributed by atoms with Gasteiger partial charge < -0.3 is 4.74 Å². The minimum atomic E-state index is -0.607. The molecule has 264 valence electrons. The number of hydrogen-bond donors (Lipinski definition) is 0. The number of ether oxygens (including phenoxy) is 1. The zero-order chi connectivity index (χ0) is 37.3. The molecule has 0 radical (unpaired) electrons. The third kappa shape index (κ3) is 5.76. The maximum atomic E-state index is 6.96. The van der Waals surface area contributed by atoms with E-state index in [4.69, 9.17) is 19.7 Å². The quantitative estimate of drug-likeness (QED) is 0.165. The SMILES string of the molecule is c1ccc(-c2ccc(-c3nc(-c4ccccc4)nc(-c4cccc(-c5cccc6c5Oc5ccccc5C6(c5ccccc5)c5ccccc5)c4)n3)cc2)cc1. The van der Waals surface area contributed by atoms with E-state index in [-0.39, 0.29) is 0 Å². The first kappa shape index (κ1) is 33.2. The number of hydrogen-bond acceptors (Lipinski definition) is 4. The Bertz CT molecular complexity index is 2770. The molecule has 0 saturated carbocycles. The van der Waals surface area contributed by atoms with E-state index >= 15 is 0 Å². The summed E-state index contributed by atoms with van der Waals surface area (Å²) in [6.07, 6.45) is 0. The summed E-state index contributed by atoms with van der Waals surface area (Å²) < 4.78 is 6.96. The average Bonchev–Trinajstić information content (AvgIpc) is 3.29. The van der Waals surface area contributed by atoms with E-state index in [1.54, 1.807) is 0 Å². The van der Waals surface area contributed by atoms with Crippen LogP contribution in [0.2, 0.25) is 0 Å². The van der Waals surface area contributed by atoms with Gasteiger partial charge in [-0.2, -0.15) is 0 Å². The van der Waals surface area contributed by atoms with E-state index in [0.717, 1.165) is 61.6 Å².